The van der Waals surface area contributed by atoms with Crippen LogP contribution in [0.5, 0.6) is 0 Å². The van der Waals surface area contributed by atoms with Crippen molar-refractivity contribution in [1.82, 2.24) is 14.1 Å². The molecular formula is C30H36N4O7S. The molecule has 0 unspecified atom stereocenters. The zero-order chi connectivity index (χ0) is 30.2. The molecule has 0 aliphatic carbocycles. The molecule has 2 aromatic carbocycles. The number of hydrogen-bond acceptors (Lipinski definition) is 8. The van der Waals surface area contributed by atoms with Gasteiger partial charge < -0.3 is 19.6 Å². The second-order valence-corrected chi connectivity index (χ2v) is 13.0. The molecule has 0 bridgehead atoms. The van der Waals surface area contributed by atoms with E-state index >= 15 is 0 Å². The van der Waals surface area contributed by atoms with Crippen LogP contribution >= 0.6 is 0 Å². The summed E-state index contributed by atoms with van der Waals surface area (Å²) < 4.78 is 32.2. The molecule has 42 heavy (non-hydrogen) atoms. The molecule has 12 heteroatoms. The Hall–Kier alpha value is -3.58. The van der Waals surface area contributed by atoms with E-state index in [1.165, 1.54) is 43.3 Å². The number of ketones is 1. The molecule has 2 fully saturated rings. The quantitative estimate of drug-likeness (QED) is 0.265. The lowest BCUT2D eigenvalue weighted by Crippen LogP contribution is -2.54. The van der Waals surface area contributed by atoms with Crippen LogP contribution in [0.2, 0.25) is 0 Å². The summed E-state index contributed by atoms with van der Waals surface area (Å²) in [7, 11) is -1.09. The molecule has 1 spiro atoms. The van der Waals surface area contributed by atoms with E-state index in [9.17, 15) is 27.9 Å². The second kappa shape index (κ2) is 11.6. The van der Waals surface area contributed by atoms with Crippen LogP contribution in [0.1, 0.15) is 30.9 Å². The van der Waals surface area contributed by atoms with Gasteiger partial charge in [0.2, 0.25) is 10.0 Å². The van der Waals surface area contributed by atoms with Crippen molar-refractivity contribution in [2.75, 3.05) is 64.9 Å². The molecule has 2 amide bonds. The van der Waals surface area contributed by atoms with Crippen LogP contribution in [-0.2, 0) is 34.7 Å². The van der Waals surface area contributed by atoms with Crippen LogP contribution < -0.4 is 4.90 Å². The topological polar surface area (TPSA) is 128 Å². The van der Waals surface area contributed by atoms with Crippen molar-refractivity contribution >= 4 is 39.1 Å². The van der Waals surface area contributed by atoms with Crippen molar-refractivity contribution in [3.63, 3.8) is 0 Å². The van der Waals surface area contributed by atoms with E-state index < -0.39 is 38.9 Å². The molecule has 0 aromatic heterocycles. The van der Waals surface area contributed by atoms with E-state index in [2.05, 4.69) is 4.90 Å². The number of sulfonamides is 1. The first-order valence-electron chi connectivity index (χ1n) is 14.1. The highest BCUT2D eigenvalue weighted by Crippen LogP contribution is 2.53. The molecule has 1 N–H and O–H groups in total. The lowest BCUT2D eigenvalue weighted by atomic mass is 9.82. The van der Waals surface area contributed by atoms with Gasteiger partial charge in [-0.1, -0.05) is 43.7 Å². The minimum atomic E-state index is -3.87. The molecule has 2 saturated heterocycles. The highest BCUT2D eigenvalue weighted by molar-refractivity contribution is 7.89. The summed E-state index contributed by atoms with van der Waals surface area (Å²) in [6.07, 6.45) is 1.51. The molecule has 224 valence electrons. The summed E-state index contributed by atoms with van der Waals surface area (Å²) in [5.74, 6) is -2.96. The first-order chi connectivity index (χ1) is 20.1. The summed E-state index contributed by atoms with van der Waals surface area (Å²) in [6, 6.07) is 12.6. The summed E-state index contributed by atoms with van der Waals surface area (Å²) in [5, 5.41) is 11.8. The average molecular weight is 597 g/mol. The van der Waals surface area contributed by atoms with E-state index in [1.807, 2.05) is 6.92 Å². The molecule has 3 aliphatic heterocycles. The molecule has 0 radical (unpaired) electrons. The second-order valence-electron chi connectivity index (χ2n) is 10.8. The van der Waals surface area contributed by atoms with Crippen molar-refractivity contribution in [3.8, 4) is 0 Å². The maximum absolute atomic E-state index is 14.6. The number of nitrogens with zero attached hydrogens (tertiary/aromatic N) is 4. The van der Waals surface area contributed by atoms with E-state index in [4.69, 9.17) is 4.74 Å². The van der Waals surface area contributed by atoms with Gasteiger partial charge in [0, 0.05) is 57.9 Å². The van der Waals surface area contributed by atoms with E-state index in [1.54, 1.807) is 29.2 Å². The lowest BCUT2D eigenvalue weighted by Gasteiger charge is -2.36. The number of amides is 2. The van der Waals surface area contributed by atoms with Crippen LogP contribution in [0.4, 0.5) is 5.69 Å². The number of aliphatic hydroxyl groups excluding tert-OH is 1. The number of unbranched alkanes of at least 4 members (excludes halogenated alkanes) is 1. The van der Waals surface area contributed by atoms with Gasteiger partial charge >= 0.3 is 0 Å². The Morgan fingerprint density at radius 1 is 1.00 bits per heavy atom. The number of fused-ring (bicyclic) bond motifs is 2. The fraction of sp³-hybridized carbons (Fsp3) is 0.433. The molecular weight excluding hydrogens is 560 g/mol. The van der Waals surface area contributed by atoms with Gasteiger partial charge in [0.25, 0.3) is 17.6 Å². The molecule has 11 nitrogen and oxygen atoms in total. The largest absolute Gasteiger partial charge is 0.507 e. The van der Waals surface area contributed by atoms with Gasteiger partial charge in [-0.3, -0.25) is 19.3 Å². The number of Topliss-reactive ketones (excluding diaryl/α,β-unsaturated/α-hetero) is 1. The standard InChI is InChI=1S/C30H36N4O7S/c1-4-5-13-33-24-12-7-6-11-23(24)30(29(33)38)25(26(35)21-9-8-10-22(20-21)42(39,40)31(2)3)27(36)28(37)34(30)15-14-32-16-18-41-19-17-32/h6-12,20,35H,4-5,13-19H2,1-3H3/t30-/m1/s1. The van der Waals surface area contributed by atoms with E-state index in [-0.39, 0.29) is 22.6 Å². The predicted molar refractivity (Wildman–Crippen MR) is 156 cm³/mol. The Balaban J connectivity index is 1.72. The van der Waals surface area contributed by atoms with Crippen molar-refractivity contribution < 1.29 is 32.6 Å². The number of ether oxygens (including phenoxy) is 1. The number of aliphatic hydroxyl groups is 1. The highest BCUT2D eigenvalue weighted by atomic mass is 32.2. The fourth-order valence-corrected chi connectivity index (χ4v) is 6.88. The number of morpholine rings is 1. The summed E-state index contributed by atoms with van der Waals surface area (Å²) in [4.78, 5) is 47.2. The Bertz CT molecular complexity index is 1550. The van der Waals surface area contributed by atoms with Crippen molar-refractivity contribution in [2.45, 2.75) is 30.2 Å². The van der Waals surface area contributed by atoms with Crippen LogP contribution in [0, 0.1) is 0 Å². The Morgan fingerprint density at radius 3 is 2.40 bits per heavy atom. The molecule has 3 aliphatic rings. The smallest absolute Gasteiger partial charge is 0.296 e. The number of hydrogen-bond donors (Lipinski definition) is 1. The molecule has 1 atom stereocenters. The third-order valence-corrected chi connectivity index (χ3v) is 9.99. The minimum absolute atomic E-state index is 0.0146. The molecule has 0 saturated carbocycles. The van der Waals surface area contributed by atoms with Gasteiger partial charge in [-0.15, -0.1) is 0 Å². The first-order valence-corrected chi connectivity index (χ1v) is 15.5. The number of carbonyl (C=O) groups is 3. The van der Waals surface area contributed by atoms with Gasteiger partial charge in [0.05, 0.1) is 29.4 Å². The Labute approximate surface area is 246 Å². The molecule has 5 rings (SSSR count). The van der Waals surface area contributed by atoms with Crippen molar-refractivity contribution in [1.29, 1.82) is 0 Å². The zero-order valence-corrected chi connectivity index (χ0v) is 24.9. The Morgan fingerprint density at radius 2 is 1.71 bits per heavy atom. The maximum Gasteiger partial charge on any atom is 0.296 e. The van der Waals surface area contributed by atoms with Gasteiger partial charge in [-0.05, 0) is 24.6 Å². The normalized spacial score (nSPS) is 22.5. The van der Waals surface area contributed by atoms with Gasteiger partial charge in [-0.25, -0.2) is 12.7 Å². The van der Waals surface area contributed by atoms with Gasteiger partial charge in [-0.2, -0.15) is 0 Å². The Kier molecular flexibility index (Phi) is 8.26. The van der Waals surface area contributed by atoms with Crippen molar-refractivity contribution in [2.24, 2.45) is 0 Å². The zero-order valence-electron chi connectivity index (χ0n) is 24.1. The number of carbonyl (C=O) groups excluding carboxylic acids is 3. The third kappa shape index (κ3) is 4.72. The van der Waals surface area contributed by atoms with Crippen LogP contribution in [0.3, 0.4) is 0 Å². The van der Waals surface area contributed by atoms with Crippen LogP contribution in [0.15, 0.2) is 59.0 Å². The SMILES string of the molecule is CCCCN1C(=O)[C@]2(C(=C(O)c3cccc(S(=O)(=O)N(C)C)c3)C(=O)C(=O)N2CCN2CCOCC2)c2ccccc21. The van der Waals surface area contributed by atoms with Gasteiger partial charge in [0.15, 0.2) is 5.54 Å². The summed E-state index contributed by atoms with van der Waals surface area (Å²) >= 11 is 0. The van der Waals surface area contributed by atoms with E-state index in [0.29, 0.717) is 57.1 Å². The fourth-order valence-electron chi connectivity index (χ4n) is 5.93. The number of likely N-dealkylation sites (tertiary alicyclic amines) is 1. The highest BCUT2D eigenvalue weighted by Gasteiger charge is 2.67. The predicted octanol–water partition coefficient (Wildman–Crippen LogP) is 1.99. The number of anilines is 1. The van der Waals surface area contributed by atoms with Crippen LogP contribution in [-0.4, -0.2) is 105 Å². The number of rotatable bonds is 9. The number of para-hydroxylation sites is 1. The molecule has 3 heterocycles. The molecule has 2 aromatic rings. The van der Waals surface area contributed by atoms with Crippen LogP contribution in [0.25, 0.3) is 5.76 Å². The summed E-state index contributed by atoms with van der Waals surface area (Å²) in [5.41, 5.74) is -1.23. The van der Waals surface area contributed by atoms with Gasteiger partial charge in [0.1, 0.15) is 5.76 Å². The monoisotopic (exact) mass is 596 g/mol. The maximum atomic E-state index is 14.6. The summed E-state index contributed by atoms with van der Waals surface area (Å²) in [6.45, 7) is 5.24. The van der Waals surface area contributed by atoms with E-state index in [0.717, 1.165) is 10.7 Å². The van der Waals surface area contributed by atoms with Crippen molar-refractivity contribution in [3.05, 3.63) is 65.2 Å². The minimum Gasteiger partial charge on any atom is -0.507 e. The lowest BCUT2D eigenvalue weighted by molar-refractivity contribution is -0.144. The third-order valence-electron chi connectivity index (χ3n) is 8.17. The number of benzene rings is 2. The average Bonchev–Trinajstić information content (AvgIpc) is 3.37. The first kappa shape index (κ1) is 29.9.